The molecule has 0 radical (unpaired) electrons. The van der Waals surface area contributed by atoms with Gasteiger partial charge in [-0.25, -0.2) is 0 Å². The molecule has 0 unspecified atom stereocenters. The molecule has 9 heavy (non-hydrogen) atoms. The molecule has 0 aromatic rings. The molecule has 0 aliphatic heterocycles. The molecule has 0 heterocycles. The van der Waals surface area contributed by atoms with Crippen LogP contribution in [0.15, 0.2) is 0 Å². The highest BCUT2D eigenvalue weighted by Gasteiger charge is 1.86. The fourth-order valence-electron chi connectivity index (χ4n) is 0.804. The first kappa shape index (κ1) is 8.96. The molecule has 0 spiro atoms. The molecule has 0 rings (SSSR count). The summed E-state index contributed by atoms with van der Waals surface area (Å²) < 4.78 is 0. The van der Waals surface area contributed by atoms with Gasteiger partial charge >= 0.3 is 0 Å². The molecule has 0 aromatic carbocycles. The van der Waals surface area contributed by atoms with Crippen LogP contribution >= 0.6 is 0 Å². The number of quaternary nitrogens is 1. The van der Waals surface area contributed by atoms with E-state index in [1.807, 2.05) is 0 Å². The van der Waals surface area contributed by atoms with Gasteiger partial charge in [0.2, 0.25) is 0 Å². The minimum atomic E-state index is 1.22. The largest absolute Gasteiger partial charge is 0.340 e. The van der Waals surface area contributed by atoms with E-state index in [1.165, 1.54) is 25.8 Å². The second-order valence-corrected chi connectivity index (χ2v) is 2.80. The fourth-order valence-corrected chi connectivity index (χ4v) is 0.804. The topological polar surface area (TPSA) is 4.44 Å². The maximum atomic E-state index is 2.35. The van der Waals surface area contributed by atoms with Gasteiger partial charge in [-0.05, 0) is 6.42 Å². The van der Waals surface area contributed by atoms with Crippen LogP contribution in [0, 0.1) is 6.42 Å². The Balaban J connectivity index is 2.75. The van der Waals surface area contributed by atoms with Crippen LogP contribution in [0.25, 0.3) is 0 Å². The van der Waals surface area contributed by atoms with Crippen molar-refractivity contribution in [2.75, 3.05) is 20.6 Å². The van der Waals surface area contributed by atoms with Crippen molar-refractivity contribution in [2.45, 2.75) is 26.2 Å². The second kappa shape index (κ2) is 6.09. The molecule has 1 N–H and O–H groups in total. The minimum absolute atomic E-state index is 1.22. The number of nitrogens with one attached hydrogen (secondary N) is 1. The SMILES string of the molecule is CC[CH-]CCC[NH+](C)C. The van der Waals surface area contributed by atoms with E-state index < -0.39 is 0 Å². The Bertz CT molecular complexity index is 50.5. The summed E-state index contributed by atoms with van der Waals surface area (Å²) in [6, 6.07) is 0. The lowest BCUT2D eigenvalue weighted by atomic mass is 10.2. The maximum Gasteiger partial charge on any atom is 0.0742 e. The average Bonchev–Trinajstić information content (AvgIpc) is 1.80. The highest BCUT2D eigenvalue weighted by atomic mass is 15.0. The van der Waals surface area contributed by atoms with Gasteiger partial charge in [-0.15, -0.1) is 0 Å². The Labute approximate surface area is 59.1 Å². The summed E-state index contributed by atoms with van der Waals surface area (Å²) in [5, 5.41) is 0. The van der Waals surface area contributed by atoms with Crippen LogP contribution in [0.3, 0.4) is 0 Å². The average molecular weight is 129 g/mol. The molecular weight excluding hydrogens is 110 g/mol. The Hall–Kier alpha value is -0.0400. The number of rotatable bonds is 5. The van der Waals surface area contributed by atoms with Gasteiger partial charge in [0, 0.05) is 0 Å². The van der Waals surface area contributed by atoms with Crippen molar-refractivity contribution < 1.29 is 4.90 Å². The summed E-state index contributed by atoms with van der Waals surface area (Å²) in [7, 11) is 4.40. The van der Waals surface area contributed by atoms with Crippen LogP contribution < -0.4 is 4.90 Å². The van der Waals surface area contributed by atoms with Crippen LogP contribution in [-0.4, -0.2) is 20.6 Å². The molecular formula is C8H19N. The van der Waals surface area contributed by atoms with Crippen molar-refractivity contribution in [3.8, 4) is 0 Å². The lowest BCUT2D eigenvalue weighted by Crippen LogP contribution is -3.05. The molecule has 0 fully saturated rings. The Kier molecular flexibility index (Phi) is 6.06. The predicted molar refractivity (Wildman–Crippen MR) is 41.5 cm³/mol. The molecule has 0 aliphatic carbocycles. The van der Waals surface area contributed by atoms with Crippen molar-refractivity contribution in [3.05, 3.63) is 6.42 Å². The van der Waals surface area contributed by atoms with Gasteiger partial charge in [0.25, 0.3) is 0 Å². The van der Waals surface area contributed by atoms with E-state index in [1.54, 1.807) is 4.90 Å². The van der Waals surface area contributed by atoms with Crippen molar-refractivity contribution >= 4 is 0 Å². The molecule has 0 bridgehead atoms. The Morgan fingerprint density at radius 3 is 2.44 bits per heavy atom. The van der Waals surface area contributed by atoms with E-state index in [2.05, 4.69) is 27.4 Å². The first-order chi connectivity index (χ1) is 4.27. The molecule has 1 heteroatoms. The van der Waals surface area contributed by atoms with E-state index in [0.717, 1.165) is 0 Å². The zero-order valence-electron chi connectivity index (χ0n) is 6.91. The minimum Gasteiger partial charge on any atom is -0.340 e. The van der Waals surface area contributed by atoms with E-state index in [9.17, 15) is 0 Å². The molecule has 0 atom stereocenters. The standard InChI is InChI=1S/C8H18N/c1-4-5-6-7-8-9(2)3/h5H,4,6-8H2,1-3H3/q-1/p+1. The van der Waals surface area contributed by atoms with Crippen LogP contribution in [0.2, 0.25) is 0 Å². The Morgan fingerprint density at radius 2 is 2.00 bits per heavy atom. The van der Waals surface area contributed by atoms with Crippen LogP contribution in [-0.2, 0) is 0 Å². The smallest absolute Gasteiger partial charge is 0.0742 e. The third-order valence-electron chi connectivity index (χ3n) is 1.37. The summed E-state index contributed by atoms with van der Waals surface area (Å²) in [5.41, 5.74) is 0. The third-order valence-corrected chi connectivity index (χ3v) is 1.37. The molecule has 0 aromatic heterocycles. The molecule has 56 valence electrons. The Morgan fingerprint density at radius 1 is 1.33 bits per heavy atom. The first-order valence-electron chi connectivity index (χ1n) is 3.88. The van der Waals surface area contributed by atoms with E-state index in [4.69, 9.17) is 0 Å². The van der Waals surface area contributed by atoms with Gasteiger partial charge in [0.15, 0.2) is 0 Å². The summed E-state index contributed by atoms with van der Waals surface area (Å²) in [6.07, 6.45) is 6.21. The molecule has 0 saturated carbocycles. The lowest BCUT2D eigenvalue weighted by Gasteiger charge is -2.09. The van der Waals surface area contributed by atoms with Crippen molar-refractivity contribution in [3.63, 3.8) is 0 Å². The highest BCUT2D eigenvalue weighted by Crippen LogP contribution is 1.93. The van der Waals surface area contributed by atoms with Gasteiger partial charge < -0.3 is 11.3 Å². The quantitative estimate of drug-likeness (QED) is 0.408. The highest BCUT2D eigenvalue weighted by molar-refractivity contribution is 4.59. The summed E-state index contributed by atoms with van der Waals surface area (Å²) >= 11 is 0. The second-order valence-electron chi connectivity index (χ2n) is 2.80. The summed E-state index contributed by atoms with van der Waals surface area (Å²) in [6.45, 7) is 3.50. The van der Waals surface area contributed by atoms with Crippen LogP contribution in [0.1, 0.15) is 26.2 Å². The monoisotopic (exact) mass is 129 g/mol. The van der Waals surface area contributed by atoms with Gasteiger partial charge in [-0.1, -0.05) is 6.92 Å². The van der Waals surface area contributed by atoms with Gasteiger partial charge in [-0.3, -0.25) is 0 Å². The molecule has 0 saturated heterocycles. The van der Waals surface area contributed by atoms with Crippen LogP contribution in [0.4, 0.5) is 0 Å². The molecule has 0 amide bonds. The van der Waals surface area contributed by atoms with E-state index in [0.29, 0.717) is 0 Å². The predicted octanol–water partition coefficient (Wildman–Crippen LogP) is 0.525. The lowest BCUT2D eigenvalue weighted by molar-refractivity contribution is -0.858. The molecule has 0 aliphatic rings. The summed E-state index contributed by atoms with van der Waals surface area (Å²) in [4.78, 5) is 1.56. The number of hydrogen-bond donors (Lipinski definition) is 1. The van der Waals surface area contributed by atoms with Gasteiger partial charge in [0.05, 0.1) is 20.6 Å². The van der Waals surface area contributed by atoms with Crippen molar-refractivity contribution in [2.24, 2.45) is 0 Å². The zero-order valence-corrected chi connectivity index (χ0v) is 6.91. The zero-order chi connectivity index (χ0) is 7.11. The fraction of sp³-hybridized carbons (Fsp3) is 0.875. The summed E-state index contributed by atoms with van der Waals surface area (Å²) in [5.74, 6) is 0. The van der Waals surface area contributed by atoms with Crippen molar-refractivity contribution in [1.29, 1.82) is 0 Å². The van der Waals surface area contributed by atoms with Crippen molar-refractivity contribution in [1.82, 2.24) is 0 Å². The number of hydrogen-bond acceptors (Lipinski definition) is 0. The van der Waals surface area contributed by atoms with Gasteiger partial charge in [-0.2, -0.15) is 12.8 Å². The number of unbranched alkanes of at least 4 members (excludes halogenated alkanes) is 3. The normalized spacial score (nSPS) is 10.7. The van der Waals surface area contributed by atoms with E-state index in [-0.39, 0.29) is 0 Å². The third kappa shape index (κ3) is 7.96. The maximum absolute atomic E-state index is 2.35. The molecule has 1 nitrogen and oxygen atoms in total. The van der Waals surface area contributed by atoms with E-state index >= 15 is 0 Å². The first-order valence-corrected chi connectivity index (χ1v) is 3.88. The van der Waals surface area contributed by atoms with Crippen LogP contribution in [0.5, 0.6) is 0 Å². The van der Waals surface area contributed by atoms with Gasteiger partial charge in [0.1, 0.15) is 0 Å².